The molecule has 0 bridgehead atoms. The lowest BCUT2D eigenvalue weighted by atomic mass is 9.93. The monoisotopic (exact) mass is 201 g/mol. The van der Waals surface area contributed by atoms with Crippen LogP contribution in [0.3, 0.4) is 0 Å². The fourth-order valence-corrected chi connectivity index (χ4v) is 1.80. The molecule has 0 aromatic rings. The molecule has 84 valence electrons. The van der Waals surface area contributed by atoms with Gasteiger partial charge in [0.25, 0.3) is 0 Å². The van der Waals surface area contributed by atoms with E-state index in [4.69, 9.17) is 4.74 Å². The van der Waals surface area contributed by atoms with Crippen molar-refractivity contribution in [2.75, 3.05) is 13.2 Å². The molecule has 0 saturated carbocycles. The summed E-state index contributed by atoms with van der Waals surface area (Å²) in [4.78, 5) is 0. The van der Waals surface area contributed by atoms with Gasteiger partial charge in [-0.05, 0) is 40.5 Å². The maximum absolute atomic E-state index is 9.58. The Balaban J connectivity index is 2.32. The highest BCUT2D eigenvalue weighted by atomic mass is 16.5. The number of nitrogens with one attached hydrogen (secondary N) is 1. The second-order valence-corrected chi connectivity index (χ2v) is 5.49. The molecule has 0 amide bonds. The molecule has 0 spiro atoms. The van der Waals surface area contributed by atoms with Crippen molar-refractivity contribution in [3.05, 3.63) is 0 Å². The van der Waals surface area contributed by atoms with E-state index in [1.807, 2.05) is 13.8 Å². The van der Waals surface area contributed by atoms with Crippen LogP contribution >= 0.6 is 0 Å². The van der Waals surface area contributed by atoms with Crippen LogP contribution in [0.2, 0.25) is 0 Å². The Morgan fingerprint density at radius 1 is 1.50 bits per heavy atom. The quantitative estimate of drug-likeness (QED) is 0.723. The summed E-state index contributed by atoms with van der Waals surface area (Å²) in [7, 11) is 0. The third-order valence-electron chi connectivity index (χ3n) is 2.52. The second-order valence-electron chi connectivity index (χ2n) is 5.49. The van der Waals surface area contributed by atoms with Gasteiger partial charge in [-0.2, -0.15) is 0 Å². The van der Waals surface area contributed by atoms with E-state index in [2.05, 4.69) is 19.2 Å². The van der Waals surface area contributed by atoms with Crippen LogP contribution in [-0.2, 0) is 4.74 Å². The molecule has 3 heteroatoms. The predicted octanol–water partition coefficient (Wildman–Crippen LogP) is 1.30. The normalized spacial score (nSPS) is 27.6. The van der Waals surface area contributed by atoms with Gasteiger partial charge in [-0.15, -0.1) is 0 Å². The van der Waals surface area contributed by atoms with Gasteiger partial charge in [-0.3, -0.25) is 0 Å². The van der Waals surface area contributed by atoms with E-state index in [0.717, 1.165) is 19.4 Å². The molecular weight excluding hydrogens is 178 g/mol. The highest BCUT2D eigenvalue weighted by molar-refractivity contribution is 4.84. The topological polar surface area (TPSA) is 41.5 Å². The Morgan fingerprint density at radius 3 is 2.64 bits per heavy atom. The van der Waals surface area contributed by atoms with Gasteiger partial charge in [0.1, 0.15) is 0 Å². The average molecular weight is 201 g/mol. The predicted molar refractivity (Wildman–Crippen MR) is 57.4 cm³/mol. The fourth-order valence-electron chi connectivity index (χ4n) is 1.80. The van der Waals surface area contributed by atoms with E-state index in [9.17, 15) is 5.11 Å². The van der Waals surface area contributed by atoms with Gasteiger partial charge in [0.15, 0.2) is 0 Å². The van der Waals surface area contributed by atoms with E-state index in [1.54, 1.807) is 0 Å². The third-order valence-corrected chi connectivity index (χ3v) is 2.52. The van der Waals surface area contributed by atoms with E-state index >= 15 is 0 Å². The molecule has 14 heavy (non-hydrogen) atoms. The van der Waals surface area contributed by atoms with Crippen LogP contribution in [0.5, 0.6) is 0 Å². The van der Waals surface area contributed by atoms with Crippen molar-refractivity contribution in [1.29, 1.82) is 0 Å². The smallest absolute Gasteiger partial charge is 0.0715 e. The van der Waals surface area contributed by atoms with Gasteiger partial charge in [-0.25, -0.2) is 0 Å². The molecule has 2 N–H and O–H groups in total. The maximum atomic E-state index is 9.58. The maximum Gasteiger partial charge on any atom is 0.0715 e. The van der Waals surface area contributed by atoms with Crippen molar-refractivity contribution in [3.63, 3.8) is 0 Å². The zero-order valence-electron chi connectivity index (χ0n) is 9.76. The third kappa shape index (κ3) is 4.40. The first-order valence-electron chi connectivity index (χ1n) is 5.38. The molecule has 1 aliphatic rings. The first-order valence-corrected chi connectivity index (χ1v) is 5.38. The Bertz CT molecular complexity index is 184. The molecule has 3 nitrogen and oxygen atoms in total. The second kappa shape index (κ2) is 4.17. The van der Waals surface area contributed by atoms with Crippen LogP contribution in [0.25, 0.3) is 0 Å². The van der Waals surface area contributed by atoms with E-state index in [0.29, 0.717) is 12.6 Å². The first-order chi connectivity index (χ1) is 6.29. The summed E-state index contributed by atoms with van der Waals surface area (Å²) in [6.45, 7) is 9.34. The standard InChI is InChI=1S/C11H23NO2/c1-10(2,13)8-12-9-5-6-14-11(3,4)7-9/h9,12-13H,5-8H2,1-4H3. The van der Waals surface area contributed by atoms with Crippen molar-refractivity contribution in [1.82, 2.24) is 5.32 Å². The van der Waals surface area contributed by atoms with Crippen molar-refractivity contribution >= 4 is 0 Å². The van der Waals surface area contributed by atoms with Crippen LogP contribution in [0.4, 0.5) is 0 Å². The van der Waals surface area contributed by atoms with Gasteiger partial charge < -0.3 is 15.2 Å². The average Bonchev–Trinajstić information content (AvgIpc) is 1.98. The summed E-state index contributed by atoms with van der Waals surface area (Å²) in [5.41, 5.74) is -0.641. The lowest BCUT2D eigenvalue weighted by Crippen LogP contribution is -2.47. The van der Waals surface area contributed by atoms with Gasteiger partial charge in [0.2, 0.25) is 0 Å². The lowest BCUT2D eigenvalue weighted by Gasteiger charge is -2.36. The lowest BCUT2D eigenvalue weighted by molar-refractivity contribution is -0.0652. The van der Waals surface area contributed by atoms with Gasteiger partial charge in [0.05, 0.1) is 11.2 Å². The molecule has 1 unspecified atom stereocenters. The van der Waals surface area contributed by atoms with Crippen molar-refractivity contribution in [2.45, 2.75) is 57.8 Å². The Morgan fingerprint density at radius 2 is 2.14 bits per heavy atom. The van der Waals surface area contributed by atoms with E-state index in [-0.39, 0.29) is 5.60 Å². The Labute approximate surface area is 86.8 Å². The molecule has 0 aliphatic carbocycles. The van der Waals surface area contributed by atoms with Crippen molar-refractivity contribution in [3.8, 4) is 0 Å². The van der Waals surface area contributed by atoms with Crippen molar-refractivity contribution < 1.29 is 9.84 Å². The van der Waals surface area contributed by atoms with E-state index < -0.39 is 5.60 Å². The van der Waals surface area contributed by atoms with E-state index in [1.165, 1.54) is 0 Å². The minimum atomic E-state index is -0.623. The van der Waals surface area contributed by atoms with Crippen LogP contribution < -0.4 is 5.32 Å². The summed E-state index contributed by atoms with van der Waals surface area (Å²) in [6, 6.07) is 0.477. The summed E-state index contributed by atoms with van der Waals surface area (Å²) < 4.78 is 5.62. The number of hydrogen-bond acceptors (Lipinski definition) is 3. The number of rotatable bonds is 3. The SMILES string of the molecule is CC(C)(O)CNC1CCOC(C)(C)C1. The van der Waals surface area contributed by atoms with Gasteiger partial charge in [0, 0.05) is 19.2 Å². The summed E-state index contributed by atoms with van der Waals surface area (Å²) in [6.07, 6.45) is 2.06. The zero-order valence-corrected chi connectivity index (χ0v) is 9.76. The minimum absolute atomic E-state index is 0.0183. The van der Waals surface area contributed by atoms with Gasteiger partial charge >= 0.3 is 0 Å². The molecule has 1 saturated heterocycles. The summed E-state index contributed by atoms with van der Waals surface area (Å²) in [5, 5.41) is 13.0. The molecule has 1 rings (SSSR count). The largest absolute Gasteiger partial charge is 0.389 e. The fraction of sp³-hybridized carbons (Fsp3) is 1.00. The molecule has 0 radical (unpaired) electrons. The molecular formula is C11H23NO2. The zero-order chi connectivity index (χ0) is 10.8. The molecule has 1 fully saturated rings. The summed E-state index contributed by atoms with van der Waals surface area (Å²) in [5.74, 6) is 0. The Kier molecular flexibility index (Phi) is 3.56. The molecule has 0 aromatic carbocycles. The first kappa shape index (κ1) is 12.0. The molecule has 1 aliphatic heterocycles. The van der Waals surface area contributed by atoms with Crippen LogP contribution in [0, 0.1) is 0 Å². The summed E-state index contributed by atoms with van der Waals surface area (Å²) >= 11 is 0. The number of ether oxygens (including phenoxy) is 1. The number of hydrogen-bond donors (Lipinski definition) is 2. The van der Waals surface area contributed by atoms with Crippen LogP contribution in [0.1, 0.15) is 40.5 Å². The van der Waals surface area contributed by atoms with Crippen molar-refractivity contribution in [2.24, 2.45) is 0 Å². The van der Waals surface area contributed by atoms with Gasteiger partial charge in [-0.1, -0.05) is 0 Å². The number of aliphatic hydroxyl groups is 1. The molecule has 1 atom stereocenters. The minimum Gasteiger partial charge on any atom is -0.389 e. The van der Waals surface area contributed by atoms with Crippen LogP contribution in [0.15, 0.2) is 0 Å². The molecule has 0 aromatic heterocycles. The van der Waals surface area contributed by atoms with Crippen LogP contribution in [-0.4, -0.2) is 35.5 Å². The Hall–Kier alpha value is -0.120. The highest BCUT2D eigenvalue weighted by Gasteiger charge is 2.29. The highest BCUT2D eigenvalue weighted by Crippen LogP contribution is 2.23. The molecule has 1 heterocycles.